The van der Waals surface area contributed by atoms with Gasteiger partial charge < -0.3 is 14.7 Å². The van der Waals surface area contributed by atoms with E-state index in [9.17, 15) is 5.11 Å². The summed E-state index contributed by atoms with van der Waals surface area (Å²) in [5, 5.41) is 11.5. The van der Waals surface area contributed by atoms with Gasteiger partial charge in [0.2, 0.25) is 0 Å². The van der Waals surface area contributed by atoms with Crippen LogP contribution < -0.4 is 4.90 Å². The predicted molar refractivity (Wildman–Crippen MR) is 82.4 cm³/mol. The molecule has 112 valence electrons. The van der Waals surface area contributed by atoms with Crippen molar-refractivity contribution in [2.24, 2.45) is 0 Å². The van der Waals surface area contributed by atoms with E-state index in [1.54, 1.807) is 18.2 Å². The Hall–Kier alpha value is -1.65. The first-order valence-corrected chi connectivity index (χ1v) is 7.70. The lowest BCUT2D eigenvalue weighted by Crippen LogP contribution is -3.11. The van der Waals surface area contributed by atoms with Crippen molar-refractivity contribution in [3.05, 3.63) is 35.5 Å². The SMILES string of the molecule is COCc1cc(C[NH+]2CCCCC2)c(O)c2ncccc12. The Morgan fingerprint density at radius 2 is 2.05 bits per heavy atom. The average Bonchev–Trinajstić information content (AvgIpc) is 2.53. The molecule has 0 spiro atoms. The van der Waals surface area contributed by atoms with Crippen molar-refractivity contribution in [1.29, 1.82) is 0 Å². The molecule has 21 heavy (non-hydrogen) atoms. The average molecular weight is 287 g/mol. The van der Waals surface area contributed by atoms with Crippen LogP contribution in [-0.4, -0.2) is 30.3 Å². The maximum absolute atomic E-state index is 10.6. The number of methoxy groups -OCH3 is 1. The monoisotopic (exact) mass is 287 g/mol. The maximum Gasteiger partial charge on any atom is 0.150 e. The van der Waals surface area contributed by atoms with Gasteiger partial charge in [0.05, 0.1) is 25.3 Å². The van der Waals surface area contributed by atoms with Crippen molar-refractivity contribution >= 4 is 10.9 Å². The van der Waals surface area contributed by atoms with Crippen LogP contribution in [0.1, 0.15) is 30.4 Å². The van der Waals surface area contributed by atoms with Gasteiger partial charge in [0.15, 0.2) is 5.75 Å². The second kappa shape index (κ2) is 6.41. The Morgan fingerprint density at radius 1 is 1.24 bits per heavy atom. The van der Waals surface area contributed by atoms with E-state index >= 15 is 0 Å². The molecule has 1 fully saturated rings. The molecule has 0 amide bonds. The van der Waals surface area contributed by atoms with Crippen LogP contribution in [0.3, 0.4) is 0 Å². The summed E-state index contributed by atoms with van der Waals surface area (Å²) in [7, 11) is 1.70. The zero-order valence-electron chi connectivity index (χ0n) is 12.6. The van der Waals surface area contributed by atoms with Gasteiger partial charge in [-0.25, -0.2) is 0 Å². The number of hydrogen-bond donors (Lipinski definition) is 2. The summed E-state index contributed by atoms with van der Waals surface area (Å²) >= 11 is 0. The van der Waals surface area contributed by atoms with E-state index in [0.717, 1.165) is 23.1 Å². The van der Waals surface area contributed by atoms with Crippen molar-refractivity contribution in [2.75, 3.05) is 20.2 Å². The molecule has 1 saturated heterocycles. The summed E-state index contributed by atoms with van der Waals surface area (Å²) in [5.41, 5.74) is 2.79. The number of pyridine rings is 1. The first-order valence-electron chi connectivity index (χ1n) is 7.70. The normalized spacial score (nSPS) is 16.4. The topological polar surface area (TPSA) is 46.8 Å². The number of likely N-dealkylation sites (tertiary alicyclic amines) is 1. The van der Waals surface area contributed by atoms with Gasteiger partial charge in [-0.2, -0.15) is 0 Å². The molecule has 3 rings (SSSR count). The molecule has 1 aliphatic rings. The first-order chi connectivity index (χ1) is 10.3. The van der Waals surface area contributed by atoms with Crippen LogP contribution in [0.5, 0.6) is 5.75 Å². The molecular formula is C17H23N2O2+. The summed E-state index contributed by atoms with van der Waals surface area (Å²) in [4.78, 5) is 5.91. The van der Waals surface area contributed by atoms with Crippen LogP contribution in [0.15, 0.2) is 24.4 Å². The lowest BCUT2D eigenvalue weighted by atomic mass is 10.0. The molecule has 0 unspecified atom stereocenters. The first kappa shape index (κ1) is 14.3. The van der Waals surface area contributed by atoms with E-state index in [1.807, 2.05) is 12.1 Å². The highest BCUT2D eigenvalue weighted by atomic mass is 16.5. The Morgan fingerprint density at radius 3 is 2.81 bits per heavy atom. The number of quaternary nitrogens is 1. The molecule has 1 aliphatic heterocycles. The van der Waals surface area contributed by atoms with E-state index in [4.69, 9.17) is 4.74 Å². The fourth-order valence-corrected chi connectivity index (χ4v) is 3.27. The van der Waals surface area contributed by atoms with Crippen LogP contribution in [0.25, 0.3) is 10.9 Å². The minimum Gasteiger partial charge on any atom is -0.505 e. The summed E-state index contributed by atoms with van der Waals surface area (Å²) in [6, 6.07) is 5.98. The van der Waals surface area contributed by atoms with Gasteiger partial charge in [0, 0.05) is 18.7 Å². The molecule has 0 aliphatic carbocycles. The molecule has 1 aromatic heterocycles. The zero-order chi connectivity index (χ0) is 14.7. The third-order valence-corrected chi connectivity index (χ3v) is 4.33. The van der Waals surface area contributed by atoms with Crippen molar-refractivity contribution in [2.45, 2.75) is 32.4 Å². The van der Waals surface area contributed by atoms with Gasteiger partial charge in [0.25, 0.3) is 0 Å². The third kappa shape index (κ3) is 3.01. The van der Waals surface area contributed by atoms with Crippen molar-refractivity contribution in [1.82, 2.24) is 4.98 Å². The molecule has 0 saturated carbocycles. The van der Waals surface area contributed by atoms with Gasteiger partial charge in [-0.3, -0.25) is 4.98 Å². The Kier molecular flexibility index (Phi) is 4.36. The van der Waals surface area contributed by atoms with Gasteiger partial charge >= 0.3 is 0 Å². The highest BCUT2D eigenvalue weighted by molar-refractivity contribution is 5.88. The number of aromatic nitrogens is 1. The number of phenols is 1. The molecular weight excluding hydrogens is 264 g/mol. The lowest BCUT2D eigenvalue weighted by molar-refractivity contribution is -0.918. The quantitative estimate of drug-likeness (QED) is 0.899. The standard InChI is InChI=1S/C17H22N2O2/c1-21-12-14-10-13(11-19-8-3-2-4-9-19)17(20)16-15(14)6-5-7-18-16/h5-7,10,20H,2-4,8-9,11-12H2,1H3/p+1. The largest absolute Gasteiger partial charge is 0.505 e. The van der Waals surface area contributed by atoms with Crippen molar-refractivity contribution < 1.29 is 14.7 Å². The number of aromatic hydroxyl groups is 1. The van der Waals surface area contributed by atoms with Crippen molar-refractivity contribution in [3.8, 4) is 5.75 Å². The number of fused-ring (bicyclic) bond motifs is 1. The number of ether oxygens (including phenoxy) is 1. The van der Waals surface area contributed by atoms with E-state index in [0.29, 0.717) is 17.9 Å². The second-order valence-electron chi connectivity index (χ2n) is 5.86. The minimum absolute atomic E-state index is 0.337. The minimum atomic E-state index is 0.337. The number of piperidine rings is 1. The smallest absolute Gasteiger partial charge is 0.150 e. The van der Waals surface area contributed by atoms with E-state index < -0.39 is 0 Å². The molecule has 2 aromatic rings. The van der Waals surface area contributed by atoms with E-state index in [-0.39, 0.29) is 0 Å². The predicted octanol–water partition coefficient (Wildman–Crippen LogP) is 1.66. The van der Waals surface area contributed by atoms with Crippen LogP contribution in [0.4, 0.5) is 0 Å². The van der Waals surface area contributed by atoms with Crippen molar-refractivity contribution in [3.63, 3.8) is 0 Å². The molecule has 4 nitrogen and oxygen atoms in total. The fourth-order valence-electron chi connectivity index (χ4n) is 3.27. The van der Waals surface area contributed by atoms with Gasteiger partial charge in [-0.15, -0.1) is 0 Å². The zero-order valence-corrected chi connectivity index (χ0v) is 12.6. The fraction of sp³-hybridized carbons (Fsp3) is 0.471. The molecule has 4 heteroatoms. The molecule has 0 radical (unpaired) electrons. The molecule has 0 bridgehead atoms. The summed E-state index contributed by atoms with van der Waals surface area (Å²) in [5.74, 6) is 0.337. The molecule has 1 aromatic carbocycles. The van der Waals surface area contributed by atoms with Gasteiger partial charge in [-0.1, -0.05) is 6.07 Å². The summed E-state index contributed by atoms with van der Waals surface area (Å²) < 4.78 is 5.30. The van der Waals surface area contributed by atoms with Crippen LogP contribution >= 0.6 is 0 Å². The number of benzene rings is 1. The summed E-state index contributed by atoms with van der Waals surface area (Å²) in [6.07, 6.45) is 5.64. The second-order valence-corrected chi connectivity index (χ2v) is 5.86. The number of nitrogens with zero attached hydrogens (tertiary/aromatic N) is 1. The Bertz CT molecular complexity index is 621. The molecule has 2 N–H and O–H groups in total. The van der Waals surface area contributed by atoms with E-state index in [1.165, 1.54) is 32.4 Å². The highest BCUT2D eigenvalue weighted by Gasteiger charge is 2.19. The van der Waals surface area contributed by atoms with Gasteiger partial charge in [0.1, 0.15) is 12.1 Å². The highest BCUT2D eigenvalue weighted by Crippen LogP contribution is 2.30. The molecule has 2 heterocycles. The van der Waals surface area contributed by atoms with E-state index in [2.05, 4.69) is 11.1 Å². The number of phenolic OH excluding ortho intramolecular Hbond substituents is 1. The lowest BCUT2D eigenvalue weighted by Gasteiger charge is -2.24. The Balaban J connectivity index is 1.99. The van der Waals surface area contributed by atoms with Gasteiger partial charge in [-0.05, 0) is 37.0 Å². The van der Waals surface area contributed by atoms with Crippen LogP contribution in [0.2, 0.25) is 0 Å². The maximum atomic E-state index is 10.6. The van der Waals surface area contributed by atoms with Crippen LogP contribution in [0, 0.1) is 0 Å². The summed E-state index contributed by atoms with van der Waals surface area (Å²) in [6.45, 7) is 3.80. The number of nitrogens with one attached hydrogen (secondary N) is 1. The number of hydrogen-bond acceptors (Lipinski definition) is 3. The number of rotatable bonds is 4. The Labute approximate surface area is 125 Å². The van der Waals surface area contributed by atoms with Crippen LogP contribution in [-0.2, 0) is 17.9 Å². The third-order valence-electron chi connectivity index (χ3n) is 4.33. The molecule has 0 atom stereocenters.